The highest BCUT2D eigenvalue weighted by atomic mass is 16.5. The second-order valence-electron chi connectivity index (χ2n) is 4.42. The highest BCUT2D eigenvalue weighted by Gasteiger charge is 2.15. The summed E-state index contributed by atoms with van der Waals surface area (Å²) >= 11 is 0. The Morgan fingerprint density at radius 1 is 1.41 bits per heavy atom. The van der Waals surface area contributed by atoms with Crippen molar-refractivity contribution in [1.29, 1.82) is 0 Å². The molecule has 1 N–H and O–H groups in total. The van der Waals surface area contributed by atoms with E-state index in [1.54, 1.807) is 6.20 Å². The second kappa shape index (κ2) is 6.14. The number of rotatable bonds is 5. The predicted octanol–water partition coefficient (Wildman–Crippen LogP) is 0.139. The summed E-state index contributed by atoms with van der Waals surface area (Å²) in [4.78, 5) is 6.50. The van der Waals surface area contributed by atoms with Gasteiger partial charge in [-0.25, -0.2) is 4.98 Å². The monoisotopic (exact) mass is 239 g/mol. The Hall–Kier alpha value is -0.910. The van der Waals surface area contributed by atoms with E-state index in [-0.39, 0.29) is 6.10 Å². The number of ether oxygens (including phenoxy) is 1. The summed E-state index contributed by atoms with van der Waals surface area (Å²) in [5, 5.41) is 10.1. The Balaban J connectivity index is 1.82. The molecule has 0 aliphatic carbocycles. The van der Waals surface area contributed by atoms with Crippen LogP contribution in [0, 0.1) is 0 Å². The van der Waals surface area contributed by atoms with Crippen molar-refractivity contribution in [2.45, 2.75) is 26.0 Å². The normalized spacial score (nSPS) is 19.4. The van der Waals surface area contributed by atoms with Gasteiger partial charge < -0.3 is 14.4 Å². The molecule has 1 saturated heterocycles. The van der Waals surface area contributed by atoms with Gasteiger partial charge in [0.15, 0.2) is 0 Å². The van der Waals surface area contributed by atoms with Crippen molar-refractivity contribution in [2.24, 2.45) is 0 Å². The minimum atomic E-state index is -0.340. The maximum Gasteiger partial charge on any atom is 0.108 e. The molecule has 0 saturated carbocycles. The molecule has 5 heteroatoms. The summed E-state index contributed by atoms with van der Waals surface area (Å²) in [6.45, 7) is 6.80. The third-order valence-electron chi connectivity index (χ3n) is 3.10. The van der Waals surface area contributed by atoms with Crippen LogP contribution >= 0.6 is 0 Å². The lowest BCUT2D eigenvalue weighted by Gasteiger charge is -2.28. The Labute approximate surface area is 102 Å². The van der Waals surface area contributed by atoms with E-state index in [9.17, 15) is 5.11 Å². The molecule has 0 aromatic carbocycles. The molecule has 0 amide bonds. The summed E-state index contributed by atoms with van der Waals surface area (Å²) in [6, 6.07) is 0. The Bertz CT molecular complexity index is 334. The SMILES string of the molecule is CCc1nccn1CC(O)CN1CCOCC1. The summed E-state index contributed by atoms with van der Waals surface area (Å²) in [5.41, 5.74) is 0. The van der Waals surface area contributed by atoms with E-state index in [4.69, 9.17) is 4.74 Å². The van der Waals surface area contributed by atoms with E-state index in [1.165, 1.54) is 0 Å². The highest BCUT2D eigenvalue weighted by molar-refractivity contribution is 4.92. The molecule has 17 heavy (non-hydrogen) atoms. The zero-order chi connectivity index (χ0) is 12.1. The van der Waals surface area contributed by atoms with Crippen molar-refractivity contribution in [2.75, 3.05) is 32.8 Å². The first-order valence-corrected chi connectivity index (χ1v) is 6.27. The van der Waals surface area contributed by atoms with Gasteiger partial charge in [-0.3, -0.25) is 4.90 Å². The number of aryl methyl sites for hydroxylation is 1. The van der Waals surface area contributed by atoms with Crippen LogP contribution < -0.4 is 0 Å². The summed E-state index contributed by atoms with van der Waals surface area (Å²) in [7, 11) is 0. The lowest BCUT2D eigenvalue weighted by molar-refractivity contribution is 0.0114. The van der Waals surface area contributed by atoms with E-state index < -0.39 is 0 Å². The maximum atomic E-state index is 10.1. The molecular formula is C12H21N3O2. The van der Waals surface area contributed by atoms with Gasteiger partial charge in [-0.2, -0.15) is 0 Å². The van der Waals surface area contributed by atoms with Gasteiger partial charge in [0, 0.05) is 38.4 Å². The van der Waals surface area contributed by atoms with Crippen LogP contribution in [0.3, 0.4) is 0 Å². The largest absolute Gasteiger partial charge is 0.390 e. The van der Waals surface area contributed by atoms with Crippen molar-refractivity contribution < 1.29 is 9.84 Å². The van der Waals surface area contributed by atoms with E-state index >= 15 is 0 Å². The molecule has 0 bridgehead atoms. The highest BCUT2D eigenvalue weighted by Crippen LogP contribution is 2.04. The van der Waals surface area contributed by atoms with Gasteiger partial charge in [0.2, 0.25) is 0 Å². The Kier molecular flexibility index (Phi) is 4.53. The number of aliphatic hydroxyl groups excluding tert-OH is 1. The van der Waals surface area contributed by atoms with Crippen LogP contribution in [0.1, 0.15) is 12.7 Å². The number of imidazole rings is 1. The first-order valence-electron chi connectivity index (χ1n) is 6.27. The van der Waals surface area contributed by atoms with E-state index in [2.05, 4.69) is 16.8 Å². The van der Waals surface area contributed by atoms with E-state index in [0.717, 1.165) is 38.5 Å². The van der Waals surface area contributed by atoms with Crippen LogP contribution in [0.25, 0.3) is 0 Å². The zero-order valence-electron chi connectivity index (χ0n) is 10.4. The Morgan fingerprint density at radius 2 is 2.18 bits per heavy atom. The van der Waals surface area contributed by atoms with Gasteiger partial charge in [-0.05, 0) is 0 Å². The lowest BCUT2D eigenvalue weighted by Crippen LogP contribution is -2.42. The molecule has 96 valence electrons. The molecule has 1 fully saturated rings. The topological polar surface area (TPSA) is 50.5 Å². The number of nitrogens with zero attached hydrogens (tertiary/aromatic N) is 3. The minimum absolute atomic E-state index is 0.340. The molecule has 1 aromatic rings. The molecule has 1 aromatic heterocycles. The third kappa shape index (κ3) is 3.52. The summed E-state index contributed by atoms with van der Waals surface area (Å²) < 4.78 is 7.32. The van der Waals surface area contributed by atoms with Crippen molar-refractivity contribution in [3.63, 3.8) is 0 Å². The van der Waals surface area contributed by atoms with Gasteiger partial charge in [-0.15, -0.1) is 0 Å². The number of hydrogen-bond donors (Lipinski definition) is 1. The average Bonchev–Trinajstić information content (AvgIpc) is 2.77. The number of morpholine rings is 1. The quantitative estimate of drug-likeness (QED) is 0.794. The summed E-state index contributed by atoms with van der Waals surface area (Å²) in [6.07, 6.45) is 4.28. The van der Waals surface area contributed by atoms with Crippen LogP contribution in [0.15, 0.2) is 12.4 Å². The fraction of sp³-hybridized carbons (Fsp3) is 0.750. The first-order chi connectivity index (χ1) is 8.29. The number of aliphatic hydroxyl groups is 1. The second-order valence-corrected chi connectivity index (χ2v) is 4.42. The van der Waals surface area contributed by atoms with Gasteiger partial charge in [0.1, 0.15) is 5.82 Å². The molecular weight excluding hydrogens is 218 g/mol. The minimum Gasteiger partial charge on any atom is -0.390 e. The molecule has 2 heterocycles. The summed E-state index contributed by atoms with van der Waals surface area (Å²) in [5.74, 6) is 1.03. The number of β-amino-alcohol motifs (C(OH)–C–C–N with tert-alkyl or cyclic N) is 1. The van der Waals surface area contributed by atoms with Crippen LogP contribution in [0.5, 0.6) is 0 Å². The van der Waals surface area contributed by atoms with Crippen LogP contribution in [-0.4, -0.2) is 58.5 Å². The van der Waals surface area contributed by atoms with Crippen molar-refractivity contribution in [3.05, 3.63) is 18.2 Å². The third-order valence-corrected chi connectivity index (χ3v) is 3.10. The van der Waals surface area contributed by atoms with Crippen LogP contribution in [0.2, 0.25) is 0 Å². The average molecular weight is 239 g/mol. The molecule has 1 atom stereocenters. The fourth-order valence-corrected chi connectivity index (χ4v) is 2.19. The molecule has 0 radical (unpaired) electrons. The van der Waals surface area contributed by atoms with Gasteiger partial charge in [0.25, 0.3) is 0 Å². The molecule has 2 rings (SSSR count). The van der Waals surface area contributed by atoms with Crippen molar-refractivity contribution in [1.82, 2.24) is 14.5 Å². The van der Waals surface area contributed by atoms with Gasteiger partial charge in [-0.1, -0.05) is 6.92 Å². The molecule has 5 nitrogen and oxygen atoms in total. The predicted molar refractivity (Wildman–Crippen MR) is 64.9 cm³/mol. The smallest absolute Gasteiger partial charge is 0.108 e. The maximum absolute atomic E-state index is 10.1. The molecule has 0 spiro atoms. The molecule has 1 unspecified atom stereocenters. The van der Waals surface area contributed by atoms with Crippen molar-refractivity contribution >= 4 is 0 Å². The first kappa shape index (κ1) is 12.5. The zero-order valence-corrected chi connectivity index (χ0v) is 10.4. The standard InChI is InChI=1S/C12H21N3O2/c1-2-12-13-3-4-15(12)10-11(16)9-14-5-7-17-8-6-14/h3-4,11,16H,2,5-10H2,1H3. The van der Waals surface area contributed by atoms with Crippen LogP contribution in [-0.2, 0) is 17.7 Å². The van der Waals surface area contributed by atoms with E-state index in [1.807, 2.05) is 10.8 Å². The number of hydrogen-bond acceptors (Lipinski definition) is 4. The van der Waals surface area contributed by atoms with Crippen molar-refractivity contribution in [3.8, 4) is 0 Å². The fourth-order valence-electron chi connectivity index (χ4n) is 2.19. The molecule has 1 aliphatic rings. The van der Waals surface area contributed by atoms with Gasteiger partial charge in [0.05, 0.1) is 25.9 Å². The number of aromatic nitrogens is 2. The Morgan fingerprint density at radius 3 is 2.88 bits per heavy atom. The van der Waals surface area contributed by atoms with E-state index in [0.29, 0.717) is 13.1 Å². The van der Waals surface area contributed by atoms with Crippen LogP contribution in [0.4, 0.5) is 0 Å². The lowest BCUT2D eigenvalue weighted by atomic mass is 10.3. The van der Waals surface area contributed by atoms with Gasteiger partial charge >= 0.3 is 0 Å². The molecule has 1 aliphatic heterocycles.